The van der Waals surface area contributed by atoms with Gasteiger partial charge in [-0.3, -0.25) is 14.5 Å². The Bertz CT molecular complexity index is 781. The fraction of sp³-hybridized carbons (Fsp3) is 0.762. The van der Waals surface area contributed by atoms with E-state index in [0.29, 0.717) is 26.2 Å². The summed E-state index contributed by atoms with van der Waals surface area (Å²) in [4.78, 5) is 39.9. The molecule has 2 amide bonds. The van der Waals surface area contributed by atoms with E-state index in [1.54, 1.807) is 6.33 Å². The third kappa shape index (κ3) is 3.46. The van der Waals surface area contributed by atoms with Gasteiger partial charge in [0.15, 0.2) is 0 Å². The molecular formula is C21H31N5O3. The lowest BCUT2D eigenvalue weighted by molar-refractivity contribution is -0.146. The van der Waals surface area contributed by atoms with Crippen molar-refractivity contribution in [3.8, 4) is 0 Å². The van der Waals surface area contributed by atoms with Crippen LogP contribution in [-0.2, 0) is 21.5 Å². The normalized spacial score (nSPS) is 27.1. The van der Waals surface area contributed by atoms with Gasteiger partial charge in [0, 0.05) is 44.2 Å². The smallest absolute Gasteiger partial charge is 0.236 e. The van der Waals surface area contributed by atoms with Crippen LogP contribution in [0.3, 0.4) is 0 Å². The molecule has 1 aromatic rings. The quantitative estimate of drug-likeness (QED) is 0.769. The Morgan fingerprint density at radius 1 is 1.17 bits per heavy atom. The number of carbonyl (C=O) groups is 2. The summed E-state index contributed by atoms with van der Waals surface area (Å²) in [6.07, 6.45) is 7.53. The maximum Gasteiger partial charge on any atom is 0.236 e. The number of likely N-dealkylation sites (tertiary alicyclic amines) is 2. The number of aromatic nitrogens is 2. The minimum absolute atomic E-state index is 0.132. The molecule has 3 aliphatic heterocycles. The molecule has 4 aliphatic rings. The fourth-order valence-electron chi connectivity index (χ4n) is 5.45. The molecule has 29 heavy (non-hydrogen) atoms. The summed E-state index contributed by atoms with van der Waals surface area (Å²) < 4.78 is 0. The number of hydrogen-bond donors (Lipinski definition) is 2. The van der Waals surface area contributed by atoms with Crippen LogP contribution in [0.25, 0.3) is 0 Å². The third-order valence-electron chi connectivity index (χ3n) is 7.24. The van der Waals surface area contributed by atoms with Gasteiger partial charge in [0.05, 0.1) is 30.2 Å². The number of carbonyl (C=O) groups excluding carboxylic acids is 2. The van der Waals surface area contributed by atoms with E-state index in [0.717, 1.165) is 69.4 Å². The number of fused-ring (bicyclic) bond motifs is 2. The first-order chi connectivity index (χ1) is 14.1. The summed E-state index contributed by atoms with van der Waals surface area (Å²) in [6, 6.07) is 0. The number of hydrogen-bond acceptors (Lipinski definition) is 5. The Hall–Kier alpha value is -1.93. The van der Waals surface area contributed by atoms with Crippen LogP contribution < -0.4 is 0 Å². The predicted octanol–water partition coefficient (Wildman–Crippen LogP) is 0.479. The second kappa shape index (κ2) is 7.40. The van der Waals surface area contributed by atoms with Crippen LogP contribution in [-0.4, -0.2) is 87.0 Å². The predicted molar refractivity (Wildman–Crippen MR) is 106 cm³/mol. The Balaban J connectivity index is 1.29. The van der Waals surface area contributed by atoms with Crippen LogP contribution in [0.15, 0.2) is 6.33 Å². The summed E-state index contributed by atoms with van der Waals surface area (Å²) >= 11 is 0. The average molecular weight is 402 g/mol. The summed E-state index contributed by atoms with van der Waals surface area (Å²) in [5, 5.41) is 9.86. The van der Waals surface area contributed by atoms with Crippen LogP contribution in [0.5, 0.6) is 0 Å². The Morgan fingerprint density at radius 2 is 1.97 bits per heavy atom. The van der Waals surface area contributed by atoms with E-state index in [1.807, 2.05) is 4.90 Å². The molecule has 158 valence electrons. The largest absolute Gasteiger partial charge is 0.392 e. The number of imidazole rings is 1. The molecule has 4 heterocycles. The maximum atomic E-state index is 13.1. The van der Waals surface area contributed by atoms with Crippen LogP contribution in [0, 0.1) is 5.92 Å². The van der Waals surface area contributed by atoms with Crippen molar-refractivity contribution >= 4 is 11.8 Å². The first kappa shape index (κ1) is 19.1. The molecule has 5 rings (SSSR count). The molecule has 1 spiro atoms. The van der Waals surface area contributed by atoms with Gasteiger partial charge in [-0.15, -0.1) is 0 Å². The highest BCUT2D eigenvalue weighted by atomic mass is 16.3. The molecule has 8 nitrogen and oxygen atoms in total. The van der Waals surface area contributed by atoms with Gasteiger partial charge in [0.25, 0.3) is 0 Å². The lowest BCUT2D eigenvalue weighted by Crippen LogP contribution is -2.59. The van der Waals surface area contributed by atoms with Crippen molar-refractivity contribution in [2.75, 3.05) is 39.3 Å². The van der Waals surface area contributed by atoms with Crippen molar-refractivity contribution in [1.82, 2.24) is 24.7 Å². The van der Waals surface area contributed by atoms with Crippen molar-refractivity contribution in [2.24, 2.45) is 5.92 Å². The van der Waals surface area contributed by atoms with Gasteiger partial charge in [-0.1, -0.05) is 0 Å². The molecule has 0 bridgehead atoms. The van der Waals surface area contributed by atoms with E-state index in [-0.39, 0.29) is 29.4 Å². The van der Waals surface area contributed by atoms with E-state index in [4.69, 9.17) is 0 Å². The van der Waals surface area contributed by atoms with E-state index in [2.05, 4.69) is 19.8 Å². The van der Waals surface area contributed by atoms with Gasteiger partial charge in [-0.05, 0) is 45.1 Å². The number of nitrogens with one attached hydrogen (secondary N) is 1. The molecular weight excluding hydrogens is 370 g/mol. The number of aromatic amines is 1. The van der Waals surface area contributed by atoms with E-state index in [9.17, 15) is 14.7 Å². The first-order valence-corrected chi connectivity index (χ1v) is 11.1. The number of aliphatic hydroxyl groups is 1. The maximum absolute atomic E-state index is 13.1. The Kier molecular flexibility index (Phi) is 4.86. The molecule has 0 unspecified atom stereocenters. The van der Waals surface area contributed by atoms with Gasteiger partial charge in [0.2, 0.25) is 11.8 Å². The zero-order valence-corrected chi connectivity index (χ0v) is 17.0. The topological polar surface area (TPSA) is 92.8 Å². The highest BCUT2D eigenvalue weighted by Gasteiger charge is 2.51. The molecule has 0 aromatic carbocycles. The van der Waals surface area contributed by atoms with Crippen LogP contribution in [0.2, 0.25) is 0 Å². The summed E-state index contributed by atoms with van der Waals surface area (Å²) in [5.41, 5.74) is 1.79. The molecule has 1 aliphatic carbocycles. The highest BCUT2D eigenvalue weighted by Crippen LogP contribution is 2.45. The van der Waals surface area contributed by atoms with Crippen molar-refractivity contribution in [3.05, 3.63) is 17.7 Å². The lowest BCUT2D eigenvalue weighted by Gasteiger charge is -2.50. The van der Waals surface area contributed by atoms with Crippen molar-refractivity contribution in [2.45, 2.75) is 56.6 Å². The van der Waals surface area contributed by atoms with E-state index in [1.165, 1.54) is 0 Å². The number of β-amino-alcohol motifs (C(OH)–C–C–N with tert-alkyl or cyclic N) is 1. The summed E-state index contributed by atoms with van der Waals surface area (Å²) in [5.74, 6) is 0.602. The molecule has 8 heteroatoms. The van der Waals surface area contributed by atoms with E-state index >= 15 is 0 Å². The first-order valence-electron chi connectivity index (χ1n) is 11.1. The highest BCUT2D eigenvalue weighted by molar-refractivity contribution is 5.82. The number of rotatable bonds is 3. The zero-order valence-electron chi connectivity index (χ0n) is 17.0. The number of piperidine rings is 2. The molecule has 2 saturated heterocycles. The van der Waals surface area contributed by atoms with Crippen molar-refractivity contribution in [1.29, 1.82) is 0 Å². The molecule has 3 fully saturated rings. The van der Waals surface area contributed by atoms with Crippen molar-refractivity contribution in [3.63, 3.8) is 0 Å². The third-order valence-corrected chi connectivity index (χ3v) is 7.24. The minimum Gasteiger partial charge on any atom is -0.392 e. The lowest BCUT2D eigenvalue weighted by atomic mass is 9.78. The summed E-state index contributed by atoms with van der Waals surface area (Å²) in [7, 11) is 0. The van der Waals surface area contributed by atoms with Crippen LogP contribution in [0.4, 0.5) is 0 Å². The Morgan fingerprint density at radius 3 is 2.69 bits per heavy atom. The standard InChI is InChI=1S/C21H31N5O3/c27-16-2-1-8-24(12-16)13-18(28)25-10-6-21(7-11-25)19-17(22-14-23-19)5-9-26(21)20(29)15-3-4-15/h14-16,27H,1-13H2,(H,22,23)/t16-/m1/s1. The monoisotopic (exact) mass is 401 g/mol. The van der Waals surface area contributed by atoms with Crippen LogP contribution >= 0.6 is 0 Å². The van der Waals surface area contributed by atoms with Crippen molar-refractivity contribution < 1.29 is 14.7 Å². The molecule has 1 atom stereocenters. The molecule has 1 aromatic heterocycles. The number of aliphatic hydroxyl groups excluding tert-OH is 1. The summed E-state index contributed by atoms with van der Waals surface area (Å²) in [6.45, 7) is 3.88. The van der Waals surface area contributed by atoms with Gasteiger partial charge >= 0.3 is 0 Å². The van der Waals surface area contributed by atoms with Gasteiger partial charge in [-0.2, -0.15) is 0 Å². The van der Waals surface area contributed by atoms with Gasteiger partial charge < -0.3 is 19.9 Å². The number of H-pyrrole nitrogens is 1. The second-order valence-corrected chi connectivity index (χ2v) is 9.19. The zero-order chi connectivity index (χ0) is 20.0. The van der Waals surface area contributed by atoms with Crippen LogP contribution in [0.1, 0.15) is 49.9 Å². The average Bonchev–Trinajstić information content (AvgIpc) is 3.45. The fourth-order valence-corrected chi connectivity index (χ4v) is 5.45. The number of amides is 2. The SMILES string of the molecule is O=C(CN1CCC[C@@H](O)C1)N1CCC2(CC1)c1nc[nH]c1CCN2C(=O)C1CC1. The molecule has 2 N–H and O–H groups in total. The number of nitrogens with zero attached hydrogens (tertiary/aromatic N) is 4. The second-order valence-electron chi connectivity index (χ2n) is 9.19. The molecule has 0 radical (unpaired) electrons. The molecule has 1 saturated carbocycles. The minimum atomic E-state index is -0.370. The Labute approximate surface area is 171 Å². The van der Waals surface area contributed by atoms with Gasteiger partial charge in [-0.25, -0.2) is 4.98 Å². The van der Waals surface area contributed by atoms with E-state index < -0.39 is 0 Å². The van der Waals surface area contributed by atoms with Gasteiger partial charge in [0.1, 0.15) is 0 Å².